The van der Waals surface area contributed by atoms with E-state index < -0.39 is 11.8 Å². The number of nitrogens with zero attached hydrogens (tertiary/aromatic N) is 3. The summed E-state index contributed by atoms with van der Waals surface area (Å²) in [4.78, 5) is 13.9. The second kappa shape index (κ2) is 7.09. The number of carbonyl (C=O) groups is 1. The van der Waals surface area contributed by atoms with Gasteiger partial charge < -0.3 is 4.74 Å². The van der Waals surface area contributed by atoms with Crippen LogP contribution in [0.25, 0.3) is 16.5 Å². The number of carbonyl (C=O) groups excluding carboxylic acids is 1. The van der Waals surface area contributed by atoms with Crippen molar-refractivity contribution in [2.75, 3.05) is 13.7 Å². The molecule has 94 valence electrons. The van der Waals surface area contributed by atoms with E-state index in [-0.39, 0.29) is 5.56 Å². The normalized spacial score (nSPS) is 10.1. The van der Waals surface area contributed by atoms with Crippen molar-refractivity contribution in [2.45, 2.75) is 6.42 Å². The maximum Gasteiger partial charge on any atom is 0.340 e. The molecule has 1 aromatic rings. The minimum Gasteiger partial charge on any atom is -0.465 e. The zero-order valence-corrected chi connectivity index (χ0v) is 9.84. The molecule has 0 fully saturated rings. The minimum absolute atomic E-state index is 0.102. The summed E-state index contributed by atoms with van der Waals surface area (Å²) in [6, 6.07) is 4.48. The van der Waals surface area contributed by atoms with Gasteiger partial charge in [0.2, 0.25) is 0 Å². The van der Waals surface area contributed by atoms with Crippen LogP contribution >= 0.6 is 0 Å². The van der Waals surface area contributed by atoms with E-state index >= 15 is 0 Å². The highest BCUT2D eigenvalue weighted by atomic mass is 19.1. The van der Waals surface area contributed by atoms with E-state index in [9.17, 15) is 9.18 Å². The number of hydrogen-bond acceptors (Lipinski definition) is 3. The Morgan fingerprint density at radius 1 is 1.61 bits per heavy atom. The molecule has 0 bridgehead atoms. The number of azide groups is 1. The minimum atomic E-state index is -0.711. The number of methoxy groups -OCH3 is 1. The van der Waals surface area contributed by atoms with Crippen LogP contribution < -0.4 is 0 Å². The van der Waals surface area contributed by atoms with Crippen molar-refractivity contribution < 1.29 is 13.9 Å². The summed E-state index contributed by atoms with van der Waals surface area (Å²) in [7, 11) is 1.20. The number of esters is 1. The summed E-state index contributed by atoms with van der Waals surface area (Å²) in [5.41, 5.74) is 8.26. The number of benzene rings is 1. The summed E-state index contributed by atoms with van der Waals surface area (Å²) >= 11 is 0. The number of ether oxygens (including phenoxy) is 1. The third-order valence-electron chi connectivity index (χ3n) is 2.19. The predicted octanol–water partition coefficient (Wildman–Crippen LogP) is 3.33. The fraction of sp³-hybridized carbons (Fsp3) is 0.250. The summed E-state index contributed by atoms with van der Waals surface area (Å²) in [5, 5.41) is 3.35. The highest BCUT2D eigenvalue weighted by Gasteiger charge is 2.13. The van der Waals surface area contributed by atoms with Crippen LogP contribution in [0.5, 0.6) is 0 Å². The second-order valence-corrected chi connectivity index (χ2v) is 3.35. The molecule has 0 aliphatic carbocycles. The Morgan fingerprint density at radius 2 is 2.39 bits per heavy atom. The van der Waals surface area contributed by atoms with E-state index in [1.807, 2.05) is 0 Å². The van der Waals surface area contributed by atoms with Crippen LogP contribution in [-0.2, 0) is 4.74 Å². The lowest BCUT2D eigenvalue weighted by atomic mass is 10.1. The van der Waals surface area contributed by atoms with E-state index in [2.05, 4.69) is 14.8 Å². The Hall–Kier alpha value is -2.33. The Balaban J connectivity index is 2.83. The maximum absolute atomic E-state index is 13.9. The summed E-state index contributed by atoms with van der Waals surface area (Å²) < 4.78 is 18.3. The summed E-state index contributed by atoms with van der Waals surface area (Å²) in [6.07, 6.45) is 3.72. The fourth-order valence-corrected chi connectivity index (χ4v) is 1.33. The molecule has 0 heterocycles. The number of hydrogen-bond donors (Lipinski definition) is 0. The molecule has 0 aromatic heterocycles. The molecule has 0 unspecified atom stereocenters. The molecule has 0 aliphatic rings. The van der Waals surface area contributed by atoms with E-state index in [0.29, 0.717) is 18.5 Å². The average molecular weight is 249 g/mol. The van der Waals surface area contributed by atoms with Crippen LogP contribution in [0.1, 0.15) is 22.3 Å². The summed E-state index contributed by atoms with van der Waals surface area (Å²) in [5.74, 6) is -1.33. The van der Waals surface area contributed by atoms with Crippen LogP contribution in [0.3, 0.4) is 0 Å². The van der Waals surface area contributed by atoms with Gasteiger partial charge in [-0.1, -0.05) is 29.4 Å². The molecule has 0 saturated heterocycles. The van der Waals surface area contributed by atoms with Gasteiger partial charge in [-0.25, -0.2) is 9.18 Å². The second-order valence-electron chi connectivity index (χ2n) is 3.35. The standard InChI is InChI=1S/C12H12FN3O2/c1-18-12(17)10-7-4-6-9(11(10)13)5-2-3-8-15-16-14/h2,4-7H,3,8H2,1H3. The Bertz CT molecular complexity index is 508. The Kier molecular flexibility index (Phi) is 5.41. The molecule has 0 saturated carbocycles. The van der Waals surface area contributed by atoms with Crippen molar-refractivity contribution in [3.63, 3.8) is 0 Å². The molecule has 1 rings (SSSR count). The zero-order chi connectivity index (χ0) is 13.4. The average Bonchev–Trinajstić information content (AvgIpc) is 2.39. The van der Waals surface area contributed by atoms with Gasteiger partial charge in [0.1, 0.15) is 5.82 Å². The monoisotopic (exact) mass is 249 g/mol. The van der Waals surface area contributed by atoms with Crippen LogP contribution in [0, 0.1) is 5.82 Å². The van der Waals surface area contributed by atoms with Gasteiger partial charge in [-0.05, 0) is 18.0 Å². The van der Waals surface area contributed by atoms with Crippen molar-refractivity contribution in [2.24, 2.45) is 5.11 Å². The first-order valence-electron chi connectivity index (χ1n) is 5.25. The third kappa shape index (κ3) is 3.61. The molecule has 18 heavy (non-hydrogen) atoms. The largest absolute Gasteiger partial charge is 0.465 e. The van der Waals surface area contributed by atoms with Gasteiger partial charge in [0.05, 0.1) is 12.7 Å². The molecule has 6 heteroatoms. The molecule has 0 N–H and O–H groups in total. The molecular formula is C12H12FN3O2. The van der Waals surface area contributed by atoms with Crippen molar-refractivity contribution in [3.8, 4) is 0 Å². The van der Waals surface area contributed by atoms with E-state index in [1.165, 1.54) is 19.3 Å². The quantitative estimate of drug-likeness (QED) is 0.264. The molecule has 0 atom stereocenters. The summed E-state index contributed by atoms with van der Waals surface area (Å²) in [6.45, 7) is 0.311. The Morgan fingerprint density at radius 3 is 3.06 bits per heavy atom. The maximum atomic E-state index is 13.9. The lowest BCUT2D eigenvalue weighted by Crippen LogP contribution is -2.05. The van der Waals surface area contributed by atoms with Gasteiger partial charge in [0, 0.05) is 17.0 Å². The van der Waals surface area contributed by atoms with Crippen LogP contribution in [0.2, 0.25) is 0 Å². The van der Waals surface area contributed by atoms with Crippen molar-refractivity contribution in [1.82, 2.24) is 0 Å². The van der Waals surface area contributed by atoms with Crippen LogP contribution in [0.4, 0.5) is 4.39 Å². The van der Waals surface area contributed by atoms with Gasteiger partial charge in [0.25, 0.3) is 0 Å². The van der Waals surface area contributed by atoms with Crippen molar-refractivity contribution >= 4 is 12.0 Å². The lowest BCUT2D eigenvalue weighted by Gasteiger charge is -2.03. The van der Waals surface area contributed by atoms with Gasteiger partial charge in [-0.2, -0.15) is 0 Å². The van der Waals surface area contributed by atoms with Gasteiger partial charge >= 0.3 is 5.97 Å². The lowest BCUT2D eigenvalue weighted by molar-refractivity contribution is 0.0595. The highest BCUT2D eigenvalue weighted by Crippen LogP contribution is 2.15. The molecule has 0 aliphatic heterocycles. The molecular weight excluding hydrogens is 237 g/mol. The van der Waals surface area contributed by atoms with Crippen molar-refractivity contribution in [1.29, 1.82) is 0 Å². The fourth-order valence-electron chi connectivity index (χ4n) is 1.33. The highest BCUT2D eigenvalue weighted by molar-refractivity contribution is 5.90. The first-order valence-corrected chi connectivity index (χ1v) is 5.25. The first kappa shape index (κ1) is 13.7. The smallest absolute Gasteiger partial charge is 0.340 e. The van der Waals surface area contributed by atoms with Crippen LogP contribution in [0.15, 0.2) is 29.4 Å². The van der Waals surface area contributed by atoms with Gasteiger partial charge in [-0.15, -0.1) is 0 Å². The third-order valence-corrected chi connectivity index (χ3v) is 2.19. The predicted molar refractivity (Wildman–Crippen MR) is 65.4 cm³/mol. The molecule has 0 spiro atoms. The van der Waals surface area contributed by atoms with E-state index in [1.54, 1.807) is 18.2 Å². The van der Waals surface area contributed by atoms with Gasteiger partial charge in [0.15, 0.2) is 0 Å². The molecule has 1 aromatic carbocycles. The van der Waals surface area contributed by atoms with Crippen LogP contribution in [-0.4, -0.2) is 19.6 Å². The number of halogens is 1. The molecule has 5 nitrogen and oxygen atoms in total. The Labute approximate surface area is 104 Å². The topological polar surface area (TPSA) is 75.1 Å². The molecule has 0 radical (unpaired) electrons. The SMILES string of the molecule is COC(=O)c1cccc(C=CCCN=[N+]=[N-])c1F. The van der Waals surface area contributed by atoms with Crippen molar-refractivity contribution in [3.05, 3.63) is 51.7 Å². The first-order chi connectivity index (χ1) is 8.70. The van der Waals surface area contributed by atoms with E-state index in [4.69, 9.17) is 5.53 Å². The molecule has 0 amide bonds. The van der Waals surface area contributed by atoms with E-state index in [0.717, 1.165) is 0 Å². The van der Waals surface area contributed by atoms with Gasteiger partial charge in [-0.3, -0.25) is 0 Å². The number of rotatable bonds is 5. The zero-order valence-electron chi connectivity index (χ0n) is 9.84.